The van der Waals surface area contributed by atoms with E-state index in [2.05, 4.69) is 289 Å². The first-order chi connectivity index (χ1) is 34.2. The van der Waals surface area contributed by atoms with Gasteiger partial charge in [0, 0.05) is 33.4 Å². The fraction of sp³-hybridized carbons (Fsp3) is 0.0149. The van der Waals surface area contributed by atoms with Gasteiger partial charge in [-0.3, -0.25) is 0 Å². The summed E-state index contributed by atoms with van der Waals surface area (Å²) in [6.45, 7) is 0. The molecule has 0 saturated carbocycles. The summed E-state index contributed by atoms with van der Waals surface area (Å²) >= 11 is 0. The van der Waals surface area contributed by atoms with Gasteiger partial charge in [0.25, 0.3) is 0 Å². The maximum Gasteiger partial charge on any atom is 0.0714 e. The third-order valence-corrected chi connectivity index (χ3v) is 14.3. The molecule has 1 heterocycles. The predicted molar refractivity (Wildman–Crippen MR) is 289 cm³/mol. The first-order valence-corrected chi connectivity index (χ1v) is 23.8. The van der Waals surface area contributed by atoms with Crippen molar-refractivity contribution in [2.75, 3.05) is 4.90 Å². The molecule has 1 aromatic heterocycles. The minimum absolute atomic E-state index is 0.501. The van der Waals surface area contributed by atoms with Crippen molar-refractivity contribution in [1.29, 1.82) is 0 Å². The molecule has 0 fully saturated rings. The first kappa shape index (κ1) is 40.3. The zero-order valence-corrected chi connectivity index (χ0v) is 38.0. The maximum absolute atomic E-state index is 2.49. The summed E-state index contributed by atoms with van der Waals surface area (Å²) in [7, 11) is 0. The maximum atomic E-state index is 2.49. The summed E-state index contributed by atoms with van der Waals surface area (Å²) in [5.41, 5.74) is 21.1. The molecule has 12 aromatic rings. The molecule has 0 radical (unpaired) electrons. The van der Waals surface area contributed by atoms with Crippen LogP contribution in [0.5, 0.6) is 0 Å². The molecule has 0 spiro atoms. The predicted octanol–water partition coefficient (Wildman–Crippen LogP) is 17.6. The zero-order chi connectivity index (χ0) is 45.7. The Morgan fingerprint density at radius 3 is 1.45 bits per heavy atom. The van der Waals surface area contributed by atoms with Crippen LogP contribution in [0.2, 0.25) is 0 Å². The number of fused-ring (bicyclic) bond motifs is 6. The van der Waals surface area contributed by atoms with Gasteiger partial charge in [-0.15, -0.1) is 0 Å². The van der Waals surface area contributed by atoms with Crippen molar-refractivity contribution in [3.05, 3.63) is 301 Å². The van der Waals surface area contributed by atoms with Gasteiger partial charge in [0.2, 0.25) is 0 Å². The van der Waals surface area contributed by atoms with Gasteiger partial charge < -0.3 is 9.47 Å². The molecule has 0 unspecified atom stereocenters. The molecule has 1 aliphatic rings. The third kappa shape index (κ3) is 6.64. The highest BCUT2D eigenvalue weighted by molar-refractivity contribution is 6.10. The molecule has 0 saturated heterocycles. The summed E-state index contributed by atoms with van der Waals surface area (Å²) in [6.07, 6.45) is 0. The van der Waals surface area contributed by atoms with E-state index in [1.54, 1.807) is 0 Å². The molecule has 2 nitrogen and oxygen atoms in total. The second-order valence-electron chi connectivity index (χ2n) is 18.0. The minimum Gasteiger partial charge on any atom is -0.310 e. The zero-order valence-electron chi connectivity index (χ0n) is 38.0. The highest BCUT2D eigenvalue weighted by atomic mass is 15.1. The van der Waals surface area contributed by atoms with Gasteiger partial charge in [-0.1, -0.05) is 224 Å². The van der Waals surface area contributed by atoms with Crippen LogP contribution in [-0.4, -0.2) is 4.57 Å². The Hall–Kier alpha value is -8.98. The van der Waals surface area contributed by atoms with Crippen LogP contribution in [0, 0.1) is 0 Å². The van der Waals surface area contributed by atoms with E-state index in [1.807, 2.05) is 0 Å². The van der Waals surface area contributed by atoms with Crippen LogP contribution in [0.4, 0.5) is 17.1 Å². The SMILES string of the molecule is c1ccc(-c2ccc(-c3ccc(N(c4ccccc4)c4ccccc4-c4ccc5c6ccccc6n(-c6ccc7c(c6)C(c6ccccc6)(c6ccccc6)c6ccccc6-7)c5c4)cc3)cc2)cc1. The lowest BCUT2D eigenvalue weighted by atomic mass is 9.67. The molecule has 0 aliphatic heterocycles. The lowest BCUT2D eigenvalue weighted by molar-refractivity contribution is 0.767. The van der Waals surface area contributed by atoms with E-state index < -0.39 is 5.41 Å². The van der Waals surface area contributed by atoms with Gasteiger partial charge in [0.15, 0.2) is 0 Å². The monoisotopic (exact) mass is 878 g/mol. The van der Waals surface area contributed by atoms with Crippen LogP contribution in [0.15, 0.2) is 279 Å². The molecule has 13 rings (SSSR count). The largest absolute Gasteiger partial charge is 0.310 e. The van der Waals surface area contributed by atoms with E-state index in [1.165, 1.54) is 71.9 Å². The van der Waals surface area contributed by atoms with Gasteiger partial charge >= 0.3 is 0 Å². The molecule has 11 aromatic carbocycles. The van der Waals surface area contributed by atoms with Crippen LogP contribution in [0.3, 0.4) is 0 Å². The second kappa shape index (κ2) is 16.7. The van der Waals surface area contributed by atoms with E-state index in [0.717, 1.165) is 39.4 Å². The number of hydrogen-bond acceptors (Lipinski definition) is 1. The quantitative estimate of drug-likeness (QED) is 0.140. The lowest BCUT2D eigenvalue weighted by Crippen LogP contribution is -2.28. The van der Waals surface area contributed by atoms with Crippen LogP contribution in [-0.2, 0) is 5.41 Å². The van der Waals surface area contributed by atoms with Gasteiger partial charge in [-0.05, 0) is 116 Å². The van der Waals surface area contributed by atoms with Gasteiger partial charge in [-0.2, -0.15) is 0 Å². The average Bonchev–Trinajstić information content (AvgIpc) is 3.92. The van der Waals surface area contributed by atoms with Crippen molar-refractivity contribution < 1.29 is 0 Å². The summed E-state index contributed by atoms with van der Waals surface area (Å²) < 4.78 is 2.49. The van der Waals surface area contributed by atoms with Crippen molar-refractivity contribution in [1.82, 2.24) is 4.57 Å². The molecule has 0 amide bonds. The number of hydrogen-bond donors (Lipinski definition) is 0. The van der Waals surface area contributed by atoms with Crippen LogP contribution in [0.25, 0.3) is 72.0 Å². The molecule has 0 atom stereocenters. The molecule has 0 N–H and O–H groups in total. The minimum atomic E-state index is -0.501. The third-order valence-electron chi connectivity index (χ3n) is 14.3. The Morgan fingerprint density at radius 1 is 0.290 bits per heavy atom. The van der Waals surface area contributed by atoms with E-state index in [4.69, 9.17) is 0 Å². The molecular formula is C67H46N2. The number of para-hydroxylation sites is 3. The fourth-order valence-corrected chi connectivity index (χ4v) is 11.2. The number of nitrogens with zero attached hydrogens (tertiary/aromatic N) is 2. The Balaban J connectivity index is 0.956. The number of aromatic nitrogens is 1. The normalized spacial score (nSPS) is 12.5. The van der Waals surface area contributed by atoms with Crippen molar-refractivity contribution in [3.63, 3.8) is 0 Å². The first-order valence-electron chi connectivity index (χ1n) is 23.8. The standard InChI is InChI=1S/C67H46N2/c1-5-19-47(20-6-1)48-33-35-49(36-34-48)50-37-40-55(41-38-50)68(54-25-11-4-12-26-54)64-31-17-14-27-57(64)51-39-43-61-60-29-15-18-32-65(60)69(66(61)45-51)56-42-44-59-58-28-13-16-30-62(58)67(63(59)46-56,52-21-7-2-8-22-52)53-23-9-3-10-24-53/h1-46H. The highest BCUT2D eigenvalue weighted by Gasteiger charge is 2.46. The van der Waals surface area contributed by atoms with Crippen LogP contribution >= 0.6 is 0 Å². The van der Waals surface area contributed by atoms with Crippen LogP contribution < -0.4 is 4.90 Å². The van der Waals surface area contributed by atoms with E-state index >= 15 is 0 Å². The topological polar surface area (TPSA) is 8.17 Å². The molecule has 69 heavy (non-hydrogen) atoms. The highest BCUT2D eigenvalue weighted by Crippen LogP contribution is 2.56. The molecule has 2 heteroatoms. The number of benzene rings is 11. The van der Waals surface area contributed by atoms with E-state index in [-0.39, 0.29) is 0 Å². The number of rotatable bonds is 9. The Bertz CT molecular complexity index is 3760. The summed E-state index contributed by atoms with van der Waals surface area (Å²) in [6, 6.07) is 102. The fourth-order valence-electron chi connectivity index (χ4n) is 11.2. The second-order valence-corrected chi connectivity index (χ2v) is 18.0. The Labute approximate surface area is 403 Å². The van der Waals surface area contributed by atoms with Crippen molar-refractivity contribution in [3.8, 4) is 50.2 Å². The number of anilines is 3. The molecular weight excluding hydrogens is 833 g/mol. The summed E-state index contributed by atoms with van der Waals surface area (Å²) in [4.78, 5) is 2.39. The van der Waals surface area contributed by atoms with E-state index in [9.17, 15) is 0 Å². The van der Waals surface area contributed by atoms with Crippen LogP contribution in [0.1, 0.15) is 22.3 Å². The van der Waals surface area contributed by atoms with E-state index in [0.29, 0.717) is 0 Å². The van der Waals surface area contributed by atoms with Gasteiger partial charge in [0.1, 0.15) is 0 Å². The summed E-state index contributed by atoms with van der Waals surface area (Å²) in [5, 5.41) is 2.45. The van der Waals surface area contributed by atoms with Gasteiger partial charge in [-0.25, -0.2) is 0 Å². The van der Waals surface area contributed by atoms with Crippen molar-refractivity contribution in [2.45, 2.75) is 5.41 Å². The van der Waals surface area contributed by atoms with Crippen molar-refractivity contribution in [2.24, 2.45) is 0 Å². The van der Waals surface area contributed by atoms with Gasteiger partial charge in [0.05, 0.1) is 22.1 Å². The van der Waals surface area contributed by atoms with Crippen molar-refractivity contribution >= 4 is 38.9 Å². The molecule has 1 aliphatic carbocycles. The Morgan fingerprint density at radius 2 is 0.768 bits per heavy atom. The average molecular weight is 879 g/mol. The molecule has 324 valence electrons. The summed E-state index contributed by atoms with van der Waals surface area (Å²) in [5.74, 6) is 0. The smallest absolute Gasteiger partial charge is 0.0714 e. The molecule has 0 bridgehead atoms. The Kier molecular flexibility index (Phi) is 9.77. The lowest BCUT2D eigenvalue weighted by Gasteiger charge is -2.34.